The Morgan fingerprint density at radius 1 is 1.00 bits per heavy atom. The molecule has 0 radical (unpaired) electrons. The second-order valence-corrected chi connectivity index (χ2v) is 11.3. The van der Waals surface area contributed by atoms with Crippen LogP contribution in [0.1, 0.15) is 90.9 Å². The molecule has 5 rings (SSSR count). The Morgan fingerprint density at radius 2 is 1.58 bits per heavy atom. The Balaban J connectivity index is 1.46. The van der Waals surface area contributed by atoms with E-state index in [1.165, 1.54) is 20.0 Å². The zero-order valence-corrected chi connectivity index (χ0v) is 22.1. The minimum absolute atomic E-state index is 0.0478. The van der Waals surface area contributed by atoms with E-state index in [1.807, 2.05) is 13.8 Å². The maximum absolute atomic E-state index is 13.0. The van der Waals surface area contributed by atoms with Crippen molar-refractivity contribution in [1.29, 1.82) is 0 Å². The molecule has 5 aliphatic rings. The smallest absolute Gasteiger partial charge is 0.334 e. The zero-order chi connectivity index (χ0) is 25.4. The van der Waals surface area contributed by atoms with Crippen molar-refractivity contribution in [1.82, 2.24) is 0 Å². The monoisotopic (exact) mass is 505 g/mol. The van der Waals surface area contributed by atoms with Crippen LogP contribution in [0, 0.1) is 5.92 Å². The summed E-state index contributed by atoms with van der Waals surface area (Å²) in [6.45, 7) is 7.95. The number of hydrogen-bond acceptors (Lipinski definition) is 8. The van der Waals surface area contributed by atoms with Gasteiger partial charge in [0.05, 0.1) is 7.11 Å². The summed E-state index contributed by atoms with van der Waals surface area (Å²) >= 11 is 0. The molecule has 0 aromatic carbocycles. The van der Waals surface area contributed by atoms with Crippen LogP contribution in [0.4, 0.5) is 0 Å². The van der Waals surface area contributed by atoms with Gasteiger partial charge in [-0.3, -0.25) is 4.99 Å². The largest absolute Gasteiger partial charge is 0.467 e. The first-order valence-corrected chi connectivity index (χ1v) is 14.0. The Morgan fingerprint density at radius 3 is 2.17 bits per heavy atom. The number of fused-ring (bicyclic) bond motifs is 3. The molecule has 0 aromatic rings. The Labute approximate surface area is 215 Å². The Kier molecular flexibility index (Phi) is 7.63. The minimum Gasteiger partial charge on any atom is -0.467 e. The van der Waals surface area contributed by atoms with E-state index < -0.39 is 29.5 Å². The number of ether oxygens (including phenoxy) is 6. The van der Waals surface area contributed by atoms with Gasteiger partial charge in [0, 0.05) is 38.3 Å². The highest BCUT2D eigenvalue weighted by molar-refractivity contribution is 5.84. The summed E-state index contributed by atoms with van der Waals surface area (Å²) < 4.78 is 38.2. The molecule has 0 unspecified atom stereocenters. The van der Waals surface area contributed by atoms with Crippen molar-refractivity contribution in [3.63, 3.8) is 0 Å². The van der Waals surface area contributed by atoms with E-state index >= 15 is 0 Å². The first kappa shape index (κ1) is 26.3. The molecule has 0 N–H and O–H groups in total. The molecule has 7 atom stereocenters. The highest BCUT2D eigenvalue weighted by atomic mass is 16.9. The van der Waals surface area contributed by atoms with Crippen LogP contribution >= 0.6 is 0 Å². The van der Waals surface area contributed by atoms with E-state index in [9.17, 15) is 4.79 Å². The fourth-order valence-electron chi connectivity index (χ4n) is 6.77. The quantitative estimate of drug-likeness (QED) is 0.278. The van der Waals surface area contributed by atoms with Gasteiger partial charge in [0.25, 0.3) is 0 Å². The second-order valence-electron chi connectivity index (χ2n) is 11.3. The van der Waals surface area contributed by atoms with Gasteiger partial charge >= 0.3 is 5.97 Å². The summed E-state index contributed by atoms with van der Waals surface area (Å²) in [5, 5.41) is 0. The summed E-state index contributed by atoms with van der Waals surface area (Å²) in [5.74, 6) is -1.63. The molecule has 202 valence electrons. The lowest BCUT2D eigenvalue weighted by Crippen LogP contribution is -2.56. The summed E-state index contributed by atoms with van der Waals surface area (Å²) in [5.41, 5.74) is -1.07. The number of rotatable bonds is 7. The molecule has 8 heteroatoms. The van der Waals surface area contributed by atoms with E-state index in [0.29, 0.717) is 6.42 Å². The summed E-state index contributed by atoms with van der Waals surface area (Å²) in [7, 11) is 1.41. The Bertz CT molecular complexity index is 834. The molecule has 3 heterocycles. The third-order valence-corrected chi connectivity index (χ3v) is 9.02. The molecule has 3 saturated heterocycles. The van der Waals surface area contributed by atoms with Crippen LogP contribution in [0.15, 0.2) is 17.6 Å². The normalized spacial score (nSPS) is 37.4. The number of carbonyl (C=O) groups is 1. The number of nitrogens with zero attached hydrogens (tertiary/aromatic N) is 1. The van der Waals surface area contributed by atoms with Gasteiger partial charge in [-0.05, 0) is 31.6 Å². The molecule has 2 spiro atoms. The number of carbonyl (C=O) groups excluding carboxylic acids is 1. The number of aliphatic imine (C=N–C) groups is 1. The standard InChI is InChI=1S/C28H43NO7/c1-5-13-28(19(3)6-2,25(30)31-4)29-18-20-21-22(34-26(33-21)14-9-7-10-15-26)23-24(32-20)36-27(35-23)16-11-8-12-17-27/h5,18-24H,1,6-17H2,2-4H3/t19-,20+,21-,22-,23+,24+,28+/m0/s1. The van der Waals surface area contributed by atoms with Gasteiger partial charge in [-0.1, -0.05) is 39.2 Å². The second kappa shape index (κ2) is 10.4. The fraction of sp³-hybridized carbons (Fsp3) is 0.857. The maximum atomic E-state index is 13.0. The third kappa shape index (κ3) is 4.57. The maximum Gasteiger partial charge on any atom is 0.334 e. The molecule has 8 nitrogen and oxygen atoms in total. The molecule has 2 aliphatic carbocycles. The van der Waals surface area contributed by atoms with Crippen molar-refractivity contribution in [3.8, 4) is 0 Å². The molecular weight excluding hydrogens is 462 g/mol. The van der Waals surface area contributed by atoms with Crippen molar-refractivity contribution < 1.29 is 33.2 Å². The number of methoxy groups -OCH3 is 1. The van der Waals surface area contributed by atoms with Crippen LogP contribution in [0.3, 0.4) is 0 Å². The van der Waals surface area contributed by atoms with Gasteiger partial charge in [0.2, 0.25) is 0 Å². The minimum atomic E-state index is -1.07. The third-order valence-electron chi connectivity index (χ3n) is 9.02. The van der Waals surface area contributed by atoms with E-state index in [2.05, 4.69) is 6.58 Å². The molecular formula is C28H43NO7. The van der Waals surface area contributed by atoms with E-state index in [-0.39, 0.29) is 30.2 Å². The van der Waals surface area contributed by atoms with Crippen LogP contribution in [-0.2, 0) is 33.2 Å². The molecule has 0 bridgehead atoms. The first-order chi connectivity index (χ1) is 17.4. The highest BCUT2D eigenvalue weighted by Gasteiger charge is 2.63. The molecule has 5 fully saturated rings. The first-order valence-electron chi connectivity index (χ1n) is 14.0. The van der Waals surface area contributed by atoms with Gasteiger partial charge < -0.3 is 28.4 Å². The summed E-state index contributed by atoms with van der Waals surface area (Å²) in [6, 6.07) is 0. The van der Waals surface area contributed by atoms with E-state index in [0.717, 1.165) is 57.8 Å². The van der Waals surface area contributed by atoms with E-state index in [1.54, 1.807) is 12.3 Å². The predicted octanol–water partition coefficient (Wildman–Crippen LogP) is 4.84. The molecule has 3 aliphatic heterocycles. The van der Waals surface area contributed by atoms with Gasteiger partial charge in [0.1, 0.15) is 24.4 Å². The van der Waals surface area contributed by atoms with Gasteiger partial charge in [0.15, 0.2) is 23.4 Å². The molecule has 2 saturated carbocycles. The summed E-state index contributed by atoms with van der Waals surface area (Å²) in [4.78, 5) is 17.9. The average Bonchev–Trinajstić information content (AvgIpc) is 3.44. The summed E-state index contributed by atoms with van der Waals surface area (Å²) in [6.07, 6.45) is 12.7. The zero-order valence-electron chi connectivity index (χ0n) is 22.1. The SMILES string of the molecule is C=CC[C@](N=C[C@H]1O[C@@H]2OC3(CCCCC3)O[C@@H]2[C@H]2OC3(CCCCC3)O[C@H]21)(C(=O)OC)[C@@H](C)CC. The van der Waals surface area contributed by atoms with Crippen molar-refractivity contribution >= 4 is 12.2 Å². The number of hydrogen-bond donors (Lipinski definition) is 0. The molecule has 0 aromatic heterocycles. The lowest BCUT2D eigenvalue weighted by molar-refractivity contribution is -0.240. The van der Waals surface area contributed by atoms with Crippen LogP contribution in [-0.4, -0.2) is 67.1 Å². The average molecular weight is 506 g/mol. The van der Waals surface area contributed by atoms with Crippen molar-refractivity contribution in [2.45, 2.75) is 139 Å². The topological polar surface area (TPSA) is 84.8 Å². The van der Waals surface area contributed by atoms with Crippen molar-refractivity contribution in [2.75, 3.05) is 7.11 Å². The molecule has 0 amide bonds. The predicted molar refractivity (Wildman–Crippen MR) is 134 cm³/mol. The Hall–Kier alpha value is -1.32. The van der Waals surface area contributed by atoms with Gasteiger partial charge in [-0.25, -0.2) is 4.79 Å². The lowest BCUT2D eigenvalue weighted by atomic mass is 9.81. The van der Waals surface area contributed by atoms with Crippen molar-refractivity contribution in [2.24, 2.45) is 10.9 Å². The number of esters is 1. The van der Waals surface area contributed by atoms with Crippen molar-refractivity contribution in [3.05, 3.63) is 12.7 Å². The van der Waals surface area contributed by atoms with Crippen LogP contribution in [0.25, 0.3) is 0 Å². The molecule has 36 heavy (non-hydrogen) atoms. The lowest BCUT2D eigenvalue weighted by Gasteiger charge is -2.37. The van der Waals surface area contributed by atoms with E-state index in [4.69, 9.17) is 33.4 Å². The highest BCUT2D eigenvalue weighted by Crippen LogP contribution is 2.50. The fourth-order valence-corrected chi connectivity index (χ4v) is 6.77. The van der Waals surface area contributed by atoms with Gasteiger partial charge in [-0.15, -0.1) is 6.58 Å². The van der Waals surface area contributed by atoms with Gasteiger partial charge in [-0.2, -0.15) is 0 Å². The van der Waals surface area contributed by atoms with Crippen LogP contribution in [0.2, 0.25) is 0 Å². The van der Waals surface area contributed by atoms with Crippen LogP contribution < -0.4 is 0 Å². The van der Waals surface area contributed by atoms with Crippen LogP contribution in [0.5, 0.6) is 0 Å².